The maximum absolute atomic E-state index is 12.3. The van der Waals surface area contributed by atoms with Gasteiger partial charge in [-0.2, -0.15) is 0 Å². The number of nitrogens with one attached hydrogen (secondary N) is 2. The first kappa shape index (κ1) is 15.8. The summed E-state index contributed by atoms with van der Waals surface area (Å²) in [6.45, 7) is 0. The third-order valence-electron chi connectivity index (χ3n) is 3.84. The van der Waals surface area contributed by atoms with E-state index in [-0.39, 0.29) is 17.9 Å². The first-order valence-corrected chi connectivity index (χ1v) is 7.96. The minimum absolute atomic E-state index is 0.0672. The molecule has 0 aliphatic heterocycles. The predicted octanol–water partition coefficient (Wildman–Crippen LogP) is 2.76. The maximum atomic E-state index is 12.3. The van der Waals surface area contributed by atoms with Crippen LogP contribution in [0.25, 0.3) is 22.4 Å². The van der Waals surface area contributed by atoms with E-state index in [0.717, 1.165) is 5.56 Å². The van der Waals surface area contributed by atoms with Crippen LogP contribution in [0.1, 0.15) is 5.69 Å². The monoisotopic (exact) mass is 346 g/mol. The zero-order chi connectivity index (χ0) is 17.9. The highest BCUT2D eigenvalue weighted by Gasteiger charge is 2.11. The number of fused-ring (bicyclic) bond motifs is 1. The van der Waals surface area contributed by atoms with Gasteiger partial charge < -0.3 is 14.7 Å². The van der Waals surface area contributed by atoms with Gasteiger partial charge in [-0.15, -0.1) is 0 Å². The predicted molar refractivity (Wildman–Crippen MR) is 96.6 cm³/mol. The molecule has 0 unspecified atom stereocenters. The number of oxazole rings is 1. The molecule has 0 aliphatic rings. The zero-order valence-electron chi connectivity index (χ0n) is 13.6. The number of hydrogen-bond donors (Lipinski definition) is 2. The molecule has 4 rings (SSSR count). The molecule has 2 aromatic heterocycles. The van der Waals surface area contributed by atoms with Crippen molar-refractivity contribution < 1.29 is 9.21 Å². The third kappa shape index (κ3) is 3.23. The molecule has 2 aromatic carbocycles. The lowest BCUT2D eigenvalue weighted by molar-refractivity contribution is -0.115. The number of aromatic nitrogens is 3. The van der Waals surface area contributed by atoms with E-state index in [1.54, 1.807) is 18.2 Å². The molecule has 0 radical (unpaired) electrons. The molecule has 0 atom stereocenters. The van der Waals surface area contributed by atoms with Crippen molar-refractivity contribution >= 4 is 22.5 Å². The van der Waals surface area contributed by atoms with E-state index >= 15 is 0 Å². The van der Waals surface area contributed by atoms with Gasteiger partial charge in [0.15, 0.2) is 0 Å². The Balaban J connectivity index is 1.48. The summed E-state index contributed by atoms with van der Waals surface area (Å²) in [4.78, 5) is 35.0. The SMILES string of the molecule is O=C(Cc1coc(-c2ccccc2)n1)Nc1ccc2nc[nH]c(=O)c2c1. The maximum Gasteiger partial charge on any atom is 0.258 e. The second-order valence-corrected chi connectivity index (χ2v) is 5.70. The highest BCUT2D eigenvalue weighted by atomic mass is 16.3. The Hall–Kier alpha value is -3.74. The average molecular weight is 346 g/mol. The zero-order valence-corrected chi connectivity index (χ0v) is 13.6. The van der Waals surface area contributed by atoms with Gasteiger partial charge in [-0.05, 0) is 30.3 Å². The highest BCUT2D eigenvalue weighted by Crippen LogP contribution is 2.19. The number of amides is 1. The molecule has 0 saturated heterocycles. The summed E-state index contributed by atoms with van der Waals surface area (Å²) >= 11 is 0. The minimum atomic E-state index is -0.255. The normalized spacial score (nSPS) is 10.8. The fourth-order valence-electron chi connectivity index (χ4n) is 2.62. The average Bonchev–Trinajstić information content (AvgIpc) is 3.11. The number of benzene rings is 2. The lowest BCUT2D eigenvalue weighted by Gasteiger charge is -2.04. The van der Waals surface area contributed by atoms with Crippen LogP contribution in [0.3, 0.4) is 0 Å². The summed E-state index contributed by atoms with van der Waals surface area (Å²) < 4.78 is 5.43. The Morgan fingerprint density at radius 3 is 2.85 bits per heavy atom. The molecular weight excluding hydrogens is 332 g/mol. The number of H-pyrrole nitrogens is 1. The fourth-order valence-corrected chi connectivity index (χ4v) is 2.62. The molecular formula is C19H14N4O3. The summed E-state index contributed by atoms with van der Waals surface area (Å²) in [6, 6.07) is 14.4. The number of hydrogen-bond acceptors (Lipinski definition) is 5. The van der Waals surface area contributed by atoms with Crippen LogP contribution in [-0.2, 0) is 11.2 Å². The molecule has 4 aromatic rings. The van der Waals surface area contributed by atoms with Gasteiger partial charge >= 0.3 is 0 Å². The lowest BCUT2D eigenvalue weighted by atomic mass is 10.2. The number of rotatable bonds is 4. The van der Waals surface area contributed by atoms with E-state index in [9.17, 15) is 9.59 Å². The summed E-state index contributed by atoms with van der Waals surface area (Å²) in [5.41, 5.74) is 2.21. The molecule has 2 heterocycles. The number of anilines is 1. The van der Waals surface area contributed by atoms with Gasteiger partial charge in [-0.25, -0.2) is 9.97 Å². The molecule has 0 bridgehead atoms. The van der Waals surface area contributed by atoms with Gasteiger partial charge in [-0.3, -0.25) is 9.59 Å². The van der Waals surface area contributed by atoms with Gasteiger partial charge in [0.05, 0.1) is 29.3 Å². The van der Waals surface area contributed by atoms with Crippen molar-refractivity contribution in [2.75, 3.05) is 5.32 Å². The van der Waals surface area contributed by atoms with Gasteiger partial charge in [0, 0.05) is 11.3 Å². The molecule has 1 amide bonds. The smallest absolute Gasteiger partial charge is 0.258 e. The largest absolute Gasteiger partial charge is 0.444 e. The van der Waals surface area contributed by atoms with Crippen LogP contribution < -0.4 is 10.9 Å². The van der Waals surface area contributed by atoms with Crippen molar-refractivity contribution in [1.82, 2.24) is 15.0 Å². The Morgan fingerprint density at radius 2 is 2.00 bits per heavy atom. The van der Waals surface area contributed by atoms with Crippen LogP contribution in [0.4, 0.5) is 5.69 Å². The van der Waals surface area contributed by atoms with Crippen molar-refractivity contribution in [1.29, 1.82) is 0 Å². The molecule has 2 N–H and O–H groups in total. The van der Waals surface area contributed by atoms with E-state index in [1.807, 2.05) is 30.3 Å². The van der Waals surface area contributed by atoms with Gasteiger partial charge in [0.25, 0.3) is 5.56 Å². The van der Waals surface area contributed by atoms with Crippen LogP contribution in [0.15, 0.2) is 70.3 Å². The van der Waals surface area contributed by atoms with Crippen molar-refractivity contribution in [3.63, 3.8) is 0 Å². The second kappa shape index (κ2) is 6.64. The van der Waals surface area contributed by atoms with Gasteiger partial charge in [0.2, 0.25) is 11.8 Å². The third-order valence-corrected chi connectivity index (χ3v) is 3.84. The molecule has 7 nitrogen and oxygen atoms in total. The summed E-state index contributed by atoms with van der Waals surface area (Å²) in [6.07, 6.45) is 2.88. The molecule has 7 heteroatoms. The van der Waals surface area contributed by atoms with Gasteiger partial charge in [0.1, 0.15) is 6.26 Å². The van der Waals surface area contributed by atoms with E-state index in [2.05, 4.69) is 20.3 Å². The summed E-state index contributed by atoms with van der Waals surface area (Å²) in [5, 5.41) is 3.17. The molecule has 0 saturated carbocycles. The molecule has 0 spiro atoms. The highest BCUT2D eigenvalue weighted by molar-refractivity contribution is 5.94. The van der Waals surface area contributed by atoms with Crippen LogP contribution in [0.5, 0.6) is 0 Å². The van der Waals surface area contributed by atoms with E-state index in [1.165, 1.54) is 12.6 Å². The van der Waals surface area contributed by atoms with Crippen LogP contribution >= 0.6 is 0 Å². The van der Waals surface area contributed by atoms with Crippen molar-refractivity contribution in [2.24, 2.45) is 0 Å². The van der Waals surface area contributed by atoms with Crippen LogP contribution in [0.2, 0.25) is 0 Å². The number of aromatic amines is 1. The second-order valence-electron chi connectivity index (χ2n) is 5.70. The number of nitrogens with zero attached hydrogens (tertiary/aromatic N) is 2. The van der Waals surface area contributed by atoms with Crippen molar-refractivity contribution in [3.05, 3.63) is 77.2 Å². The van der Waals surface area contributed by atoms with E-state index < -0.39 is 0 Å². The molecule has 128 valence electrons. The van der Waals surface area contributed by atoms with Gasteiger partial charge in [-0.1, -0.05) is 18.2 Å². The lowest BCUT2D eigenvalue weighted by Crippen LogP contribution is -2.15. The minimum Gasteiger partial charge on any atom is -0.444 e. The van der Waals surface area contributed by atoms with Crippen LogP contribution in [-0.4, -0.2) is 20.9 Å². The Kier molecular flexibility index (Phi) is 4.03. The quantitative estimate of drug-likeness (QED) is 0.592. The van der Waals surface area contributed by atoms with Crippen LogP contribution in [0, 0.1) is 0 Å². The molecule has 0 fully saturated rings. The number of carbonyl (C=O) groups excluding carboxylic acids is 1. The Morgan fingerprint density at radius 1 is 1.15 bits per heavy atom. The van der Waals surface area contributed by atoms with Crippen molar-refractivity contribution in [2.45, 2.75) is 6.42 Å². The first-order chi connectivity index (χ1) is 12.7. The topological polar surface area (TPSA) is 101 Å². The summed E-state index contributed by atoms with van der Waals surface area (Å²) in [7, 11) is 0. The van der Waals surface area contributed by atoms with E-state index in [0.29, 0.717) is 28.2 Å². The number of carbonyl (C=O) groups is 1. The Bertz CT molecular complexity index is 1130. The first-order valence-electron chi connectivity index (χ1n) is 7.96. The molecule has 0 aliphatic carbocycles. The summed E-state index contributed by atoms with van der Waals surface area (Å²) in [5.74, 6) is 0.217. The molecule has 26 heavy (non-hydrogen) atoms. The van der Waals surface area contributed by atoms with E-state index in [4.69, 9.17) is 4.42 Å². The standard InChI is InChI=1S/C19H14N4O3/c24-17(9-14-10-26-19(23-14)12-4-2-1-3-5-12)22-13-6-7-16-15(8-13)18(25)21-11-20-16/h1-8,10-11H,9H2,(H,22,24)(H,20,21,25). The van der Waals surface area contributed by atoms with Crippen molar-refractivity contribution in [3.8, 4) is 11.5 Å². The fraction of sp³-hybridized carbons (Fsp3) is 0.0526. The Labute approximate surface area is 147 Å².